The molecule has 4 nitrogen and oxygen atoms in total. The highest BCUT2D eigenvalue weighted by Crippen LogP contribution is 2.31. The van der Waals surface area contributed by atoms with Gasteiger partial charge in [-0.3, -0.25) is 4.90 Å². The molecular formula is C21H29ClN2O2. The SMILES string of the molecule is CCOc1ccc(CN2C[C@@H](N)[C@H](c3ccccc3)C2)cc1OCC.Cl. The second kappa shape index (κ2) is 9.81. The van der Waals surface area contributed by atoms with E-state index in [4.69, 9.17) is 15.2 Å². The van der Waals surface area contributed by atoms with E-state index in [2.05, 4.69) is 47.4 Å². The first-order valence-electron chi connectivity index (χ1n) is 9.12. The van der Waals surface area contributed by atoms with Gasteiger partial charge in [0.25, 0.3) is 0 Å². The summed E-state index contributed by atoms with van der Waals surface area (Å²) in [7, 11) is 0. The highest BCUT2D eigenvalue weighted by Gasteiger charge is 2.31. The fourth-order valence-electron chi connectivity index (χ4n) is 3.55. The maximum absolute atomic E-state index is 6.41. The van der Waals surface area contributed by atoms with Gasteiger partial charge in [0.2, 0.25) is 0 Å². The molecule has 0 bridgehead atoms. The van der Waals surface area contributed by atoms with Gasteiger partial charge in [0.1, 0.15) is 0 Å². The molecule has 1 saturated heterocycles. The van der Waals surface area contributed by atoms with Gasteiger partial charge in [-0.2, -0.15) is 0 Å². The lowest BCUT2D eigenvalue weighted by molar-refractivity contribution is 0.285. The van der Waals surface area contributed by atoms with Gasteiger partial charge in [0, 0.05) is 31.6 Å². The normalized spacial score (nSPS) is 19.8. The van der Waals surface area contributed by atoms with E-state index in [1.807, 2.05) is 19.9 Å². The van der Waals surface area contributed by atoms with Gasteiger partial charge in [-0.1, -0.05) is 36.4 Å². The number of benzene rings is 2. The maximum Gasteiger partial charge on any atom is 0.161 e. The fourth-order valence-corrected chi connectivity index (χ4v) is 3.55. The van der Waals surface area contributed by atoms with Crippen LogP contribution in [-0.4, -0.2) is 37.2 Å². The van der Waals surface area contributed by atoms with Crippen molar-refractivity contribution in [2.75, 3.05) is 26.3 Å². The monoisotopic (exact) mass is 376 g/mol. The van der Waals surface area contributed by atoms with Gasteiger partial charge >= 0.3 is 0 Å². The summed E-state index contributed by atoms with van der Waals surface area (Å²) in [5.41, 5.74) is 8.97. The zero-order chi connectivity index (χ0) is 17.6. The molecule has 1 aliphatic heterocycles. The molecule has 2 aromatic rings. The fraction of sp³-hybridized carbons (Fsp3) is 0.429. The Kier molecular flexibility index (Phi) is 7.76. The second-order valence-electron chi connectivity index (χ2n) is 6.52. The largest absolute Gasteiger partial charge is 0.490 e. The number of rotatable bonds is 7. The summed E-state index contributed by atoms with van der Waals surface area (Å²) in [4.78, 5) is 2.42. The molecule has 0 spiro atoms. The zero-order valence-electron chi connectivity index (χ0n) is 15.6. The highest BCUT2D eigenvalue weighted by molar-refractivity contribution is 5.85. The topological polar surface area (TPSA) is 47.7 Å². The Morgan fingerprint density at radius 2 is 1.65 bits per heavy atom. The first kappa shape index (κ1) is 20.6. The van der Waals surface area contributed by atoms with Gasteiger partial charge in [0.05, 0.1) is 13.2 Å². The Bertz CT molecular complexity index is 681. The minimum Gasteiger partial charge on any atom is -0.490 e. The van der Waals surface area contributed by atoms with E-state index in [0.717, 1.165) is 31.1 Å². The molecule has 0 aliphatic carbocycles. The first-order valence-corrected chi connectivity index (χ1v) is 9.12. The molecule has 0 amide bonds. The van der Waals surface area contributed by atoms with Crippen molar-refractivity contribution in [3.8, 4) is 11.5 Å². The molecule has 0 aromatic heterocycles. The van der Waals surface area contributed by atoms with E-state index in [1.54, 1.807) is 0 Å². The van der Waals surface area contributed by atoms with Crippen LogP contribution in [0, 0.1) is 0 Å². The average Bonchev–Trinajstić information content (AvgIpc) is 2.98. The number of halogens is 1. The molecule has 1 aliphatic rings. The Labute approximate surface area is 162 Å². The molecule has 0 saturated carbocycles. The molecule has 5 heteroatoms. The Morgan fingerprint density at radius 3 is 2.35 bits per heavy atom. The third-order valence-corrected chi connectivity index (χ3v) is 4.68. The van der Waals surface area contributed by atoms with Crippen LogP contribution in [0.25, 0.3) is 0 Å². The van der Waals surface area contributed by atoms with Gasteiger partial charge in [-0.05, 0) is 37.1 Å². The van der Waals surface area contributed by atoms with Crippen molar-refractivity contribution < 1.29 is 9.47 Å². The van der Waals surface area contributed by atoms with Crippen LogP contribution in [0.4, 0.5) is 0 Å². The van der Waals surface area contributed by atoms with Crippen molar-refractivity contribution in [3.63, 3.8) is 0 Å². The molecule has 1 fully saturated rings. The maximum atomic E-state index is 6.41. The van der Waals surface area contributed by atoms with Crippen LogP contribution >= 0.6 is 12.4 Å². The molecule has 0 radical (unpaired) electrons. The molecule has 142 valence electrons. The molecule has 2 atom stereocenters. The van der Waals surface area contributed by atoms with Crippen LogP contribution in [0.3, 0.4) is 0 Å². The Hall–Kier alpha value is -1.75. The smallest absolute Gasteiger partial charge is 0.161 e. The quantitative estimate of drug-likeness (QED) is 0.797. The number of likely N-dealkylation sites (tertiary alicyclic amines) is 1. The standard InChI is InChI=1S/C21H28N2O2.ClH/c1-3-24-20-11-10-16(12-21(20)25-4-2)13-23-14-18(19(22)15-23)17-8-6-5-7-9-17;/h5-12,18-19H,3-4,13-15,22H2,1-2H3;1H/t18-,19+;/m0./s1. The summed E-state index contributed by atoms with van der Waals surface area (Å²) in [6.07, 6.45) is 0. The van der Waals surface area contributed by atoms with Gasteiger partial charge < -0.3 is 15.2 Å². The minimum absolute atomic E-state index is 0. The molecule has 26 heavy (non-hydrogen) atoms. The van der Waals surface area contributed by atoms with Crippen LogP contribution in [-0.2, 0) is 6.54 Å². The Balaban J connectivity index is 0.00000243. The first-order chi connectivity index (χ1) is 12.2. The lowest BCUT2D eigenvalue weighted by Crippen LogP contribution is -2.28. The lowest BCUT2D eigenvalue weighted by atomic mass is 9.95. The summed E-state index contributed by atoms with van der Waals surface area (Å²) in [5, 5.41) is 0. The van der Waals surface area contributed by atoms with Crippen molar-refractivity contribution in [2.24, 2.45) is 5.73 Å². The van der Waals surface area contributed by atoms with Crippen LogP contribution < -0.4 is 15.2 Å². The predicted octanol–water partition coefficient (Wildman–Crippen LogP) is 3.83. The number of nitrogens with two attached hydrogens (primary N) is 1. The number of ether oxygens (including phenoxy) is 2. The van der Waals surface area contributed by atoms with Crippen molar-refractivity contribution in [3.05, 3.63) is 59.7 Å². The van der Waals surface area contributed by atoms with Crippen molar-refractivity contribution >= 4 is 12.4 Å². The van der Waals surface area contributed by atoms with Crippen LogP contribution in [0.1, 0.15) is 30.9 Å². The molecule has 2 N–H and O–H groups in total. The number of hydrogen-bond donors (Lipinski definition) is 1. The molecule has 3 rings (SSSR count). The van der Waals surface area contributed by atoms with E-state index < -0.39 is 0 Å². The summed E-state index contributed by atoms with van der Waals surface area (Å²) in [6.45, 7) is 8.03. The van der Waals surface area contributed by atoms with E-state index in [-0.39, 0.29) is 18.4 Å². The predicted molar refractivity (Wildman–Crippen MR) is 108 cm³/mol. The summed E-state index contributed by atoms with van der Waals surface area (Å²) in [6, 6.07) is 17.0. The number of nitrogens with zero attached hydrogens (tertiary/aromatic N) is 1. The minimum atomic E-state index is 0. The third-order valence-electron chi connectivity index (χ3n) is 4.68. The van der Waals surface area contributed by atoms with Crippen LogP contribution in [0.2, 0.25) is 0 Å². The van der Waals surface area contributed by atoms with E-state index >= 15 is 0 Å². The summed E-state index contributed by atoms with van der Waals surface area (Å²) in [5.74, 6) is 2.04. The summed E-state index contributed by atoms with van der Waals surface area (Å²) < 4.78 is 11.4. The van der Waals surface area contributed by atoms with Crippen LogP contribution in [0.5, 0.6) is 11.5 Å². The third kappa shape index (κ3) is 4.91. The zero-order valence-corrected chi connectivity index (χ0v) is 16.4. The van der Waals surface area contributed by atoms with Crippen LogP contribution in [0.15, 0.2) is 48.5 Å². The summed E-state index contributed by atoms with van der Waals surface area (Å²) >= 11 is 0. The van der Waals surface area contributed by atoms with Gasteiger partial charge in [0.15, 0.2) is 11.5 Å². The van der Waals surface area contributed by atoms with Crippen molar-refractivity contribution in [1.82, 2.24) is 4.90 Å². The average molecular weight is 377 g/mol. The molecular weight excluding hydrogens is 348 g/mol. The molecule has 2 aromatic carbocycles. The van der Waals surface area contributed by atoms with E-state index in [0.29, 0.717) is 19.1 Å². The van der Waals surface area contributed by atoms with Gasteiger partial charge in [-0.15, -0.1) is 12.4 Å². The number of hydrogen-bond acceptors (Lipinski definition) is 4. The van der Waals surface area contributed by atoms with Crippen molar-refractivity contribution in [2.45, 2.75) is 32.4 Å². The highest BCUT2D eigenvalue weighted by atomic mass is 35.5. The van der Waals surface area contributed by atoms with Gasteiger partial charge in [-0.25, -0.2) is 0 Å². The Morgan fingerprint density at radius 1 is 0.962 bits per heavy atom. The van der Waals surface area contributed by atoms with E-state index in [1.165, 1.54) is 11.1 Å². The van der Waals surface area contributed by atoms with E-state index in [9.17, 15) is 0 Å². The molecule has 1 heterocycles. The molecule has 0 unspecified atom stereocenters. The lowest BCUT2D eigenvalue weighted by Gasteiger charge is -2.18. The van der Waals surface area contributed by atoms with Crippen molar-refractivity contribution in [1.29, 1.82) is 0 Å². The second-order valence-corrected chi connectivity index (χ2v) is 6.52.